The van der Waals surface area contributed by atoms with Crippen LogP contribution in [0.15, 0.2) is 22.6 Å². The van der Waals surface area contributed by atoms with Crippen LogP contribution >= 0.6 is 11.3 Å². The van der Waals surface area contributed by atoms with Crippen molar-refractivity contribution in [1.29, 1.82) is 0 Å². The maximum Gasteiger partial charge on any atom is 0.412 e. The van der Waals surface area contributed by atoms with Crippen LogP contribution in [0.2, 0.25) is 0 Å². The number of halogens is 3. The van der Waals surface area contributed by atoms with E-state index in [1.54, 1.807) is 25.3 Å². The lowest BCUT2D eigenvalue weighted by Gasteiger charge is -2.34. The molecular formula is C27H38F3NO5S. The quantitative estimate of drug-likeness (QED) is 0.360. The Morgan fingerprint density at radius 3 is 2.46 bits per heavy atom. The number of nitrogens with zero attached hydrogens (tertiary/aromatic N) is 1. The van der Waals surface area contributed by atoms with Crippen molar-refractivity contribution in [2.75, 3.05) is 0 Å². The number of rotatable bonds is 2. The van der Waals surface area contributed by atoms with Crippen molar-refractivity contribution in [2.24, 2.45) is 17.3 Å². The Hall–Kier alpha value is -2.04. The first-order valence-corrected chi connectivity index (χ1v) is 13.4. The van der Waals surface area contributed by atoms with Gasteiger partial charge >= 0.3 is 12.1 Å². The molecule has 10 heteroatoms. The number of ether oxygens (including phenoxy) is 1. The average molecular weight is 546 g/mol. The maximum absolute atomic E-state index is 13.8. The molecule has 0 aromatic carbocycles. The summed E-state index contributed by atoms with van der Waals surface area (Å²) in [6.07, 6.45) is -5.89. The van der Waals surface area contributed by atoms with Crippen LogP contribution in [0.1, 0.15) is 77.4 Å². The number of hydrogen-bond acceptors (Lipinski definition) is 7. The Morgan fingerprint density at radius 1 is 1.24 bits per heavy atom. The Labute approximate surface area is 220 Å². The van der Waals surface area contributed by atoms with Crippen molar-refractivity contribution in [3.63, 3.8) is 0 Å². The standard InChI is InChI=1S/C27H38F3NO5S/c1-15-8-7-9-19(27(28,29)30)10-11-21(16(2)12-20-14-37-18(4)31-20)36-23(33)13-22(32)26(5,6)25(35)17(3)24(15)34/h10,12,14-15,17,21-22,24,32,34H,7-9,11,13H2,1-6H3/b16-12+,19-10+/t15-,17?,21?,22-,24-/m0/s1. The molecule has 1 aromatic rings. The summed E-state index contributed by atoms with van der Waals surface area (Å²) in [5.74, 6) is -2.57. The third kappa shape index (κ3) is 8.48. The fraction of sp³-hybridized carbons (Fsp3) is 0.667. The number of hydrogen-bond donors (Lipinski definition) is 2. The van der Waals surface area contributed by atoms with E-state index >= 15 is 0 Å². The number of thiazole rings is 1. The van der Waals surface area contributed by atoms with Gasteiger partial charge in [-0.2, -0.15) is 13.2 Å². The predicted molar refractivity (Wildman–Crippen MR) is 137 cm³/mol. The predicted octanol–water partition coefficient (Wildman–Crippen LogP) is 5.81. The molecular weight excluding hydrogens is 507 g/mol. The largest absolute Gasteiger partial charge is 0.457 e. The summed E-state index contributed by atoms with van der Waals surface area (Å²) in [7, 11) is 0. The zero-order valence-electron chi connectivity index (χ0n) is 22.3. The first-order valence-electron chi connectivity index (χ1n) is 12.5. The van der Waals surface area contributed by atoms with Crippen LogP contribution in [-0.4, -0.2) is 51.4 Å². The molecule has 0 aliphatic carbocycles. The maximum atomic E-state index is 13.8. The molecule has 0 bridgehead atoms. The number of alkyl halides is 3. The second-order valence-electron chi connectivity index (χ2n) is 10.6. The van der Waals surface area contributed by atoms with Crippen LogP contribution in [-0.2, 0) is 14.3 Å². The molecule has 0 saturated carbocycles. The molecule has 1 aliphatic heterocycles. The van der Waals surface area contributed by atoms with Gasteiger partial charge in [0.2, 0.25) is 0 Å². The normalized spacial score (nSPS) is 30.9. The molecule has 2 unspecified atom stereocenters. The molecule has 2 rings (SSSR count). The monoisotopic (exact) mass is 545 g/mol. The lowest BCUT2D eigenvalue weighted by molar-refractivity contribution is -0.154. The zero-order valence-corrected chi connectivity index (χ0v) is 23.1. The summed E-state index contributed by atoms with van der Waals surface area (Å²) in [4.78, 5) is 30.3. The van der Waals surface area contributed by atoms with Crippen LogP contribution in [0, 0.1) is 24.2 Å². The number of carbonyl (C=O) groups is 2. The third-order valence-corrected chi connectivity index (χ3v) is 7.97. The number of carbonyl (C=O) groups excluding carboxylic acids is 2. The number of aromatic nitrogens is 1. The number of esters is 1. The SMILES string of the molecule is C/C(=C\c1csc(C)n1)C1C/C=C(/C(F)(F)F)CCC[C@H](C)[C@H](O)C(C)C(=O)C(C)(C)[C@@H](O)CC(=O)O1. The van der Waals surface area contributed by atoms with Crippen molar-refractivity contribution in [3.05, 3.63) is 33.3 Å². The third-order valence-electron chi connectivity index (χ3n) is 7.18. The number of aliphatic hydroxyl groups excluding tert-OH is 2. The van der Waals surface area contributed by atoms with Crippen molar-refractivity contribution in [2.45, 2.75) is 98.1 Å². The van der Waals surface area contributed by atoms with E-state index in [0.717, 1.165) is 11.1 Å². The topological polar surface area (TPSA) is 96.7 Å². The highest BCUT2D eigenvalue weighted by atomic mass is 32.1. The van der Waals surface area contributed by atoms with Crippen molar-refractivity contribution in [1.82, 2.24) is 4.98 Å². The number of Topliss-reactive ketones (excluding diaryl/α,β-unsaturated/α-hetero) is 1. The Bertz CT molecular complexity index is 1010. The molecule has 2 N–H and O–H groups in total. The lowest BCUT2D eigenvalue weighted by atomic mass is 9.73. The van der Waals surface area contributed by atoms with Crippen molar-refractivity contribution < 1.29 is 37.7 Å². The molecule has 1 aromatic heterocycles. The van der Waals surface area contributed by atoms with Crippen molar-refractivity contribution >= 4 is 29.2 Å². The van der Waals surface area contributed by atoms with Gasteiger partial charge in [0.05, 0.1) is 34.7 Å². The van der Waals surface area contributed by atoms with Crippen LogP contribution in [0.3, 0.4) is 0 Å². The molecule has 208 valence electrons. The second-order valence-corrected chi connectivity index (χ2v) is 11.6. The van der Waals surface area contributed by atoms with Gasteiger partial charge in [-0.05, 0) is 50.7 Å². The number of cyclic esters (lactones) is 1. The molecule has 37 heavy (non-hydrogen) atoms. The fourth-order valence-corrected chi connectivity index (χ4v) is 5.08. The van der Waals surface area contributed by atoms with Crippen LogP contribution in [0.5, 0.6) is 0 Å². The van der Waals surface area contributed by atoms with Gasteiger partial charge in [-0.1, -0.05) is 33.8 Å². The minimum Gasteiger partial charge on any atom is -0.457 e. The molecule has 0 radical (unpaired) electrons. The second kappa shape index (κ2) is 12.7. The number of allylic oxidation sites excluding steroid dienone is 1. The zero-order chi connectivity index (χ0) is 28.1. The summed E-state index contributed by atoms with van der Waals surface area (Å²) in [6, 6.07) is 0. The van der Waals surface area contributed by atoms with Gasteiger partial charge in [-0.3, -0.25) is 9.59 Å². The summed E-state index contributed by atoms with van der Waals surface area (Å²) >= 11 is 1.42. The molecule has 1 aliphatic rings. The smallest absolute Gasteiger partial charge is 0.412 e. The van der Waals surface area contributed by atoms with E-state index in [1.807, 2.05) is 6.92 Å². The number of aryl methyl sites for hydroxylation is 1. The van der Waals surface area contributed by atoms with E-state index in [0.29, 0.717) is 11.3 Å². The number of ketones is 1. The Morgan fingerprint density at radius 2 is 1.89 bits per heavy atom. The van der Waals surface area contributed by atoms with Crippen LogP contribution in [0.25, 0.3) is 6.08 Å². The van der Waals surface area contributed by atoms with Gasteiger partial charge in [0.25, 0.3) is 0 Å². The first kappa shape index (κ1) is 31.2. The lowest BCUT2D eigenvalue weighted by Crippen LogP contribution is -2.45. The summed E-state index contributed by atoms with van der Waals surface area (Å²) < 4.78 is 46.9. The molecule has 0 saturated heterocycles. The summed E-state index contributed by atoms with van der Waals surface area (Å²) in [6.45, 7) is 9.73. The highest BCUT2D eigenvalue weighted by molar-refractivity contribution is 7.09. The van der Waals surface area contributed by atoms with Gasteiger partial charge in [0.1, 0.15) is 11.9 Å². The molecule has 0 fully saturated rings. The van der Waals surface area contributed by atoms with Gasteiger partial charge in [0.15, 0.2) is 0 Å². The molecule has 0 spiro atoms. The van der Waals surface area contributed by atoms with E-state index in [4.69, 9.17) is 4.74 Å². The van der Waals surface area contributed by atoms with E-state index in [9.17, 15) is 33.0 Å². The van der Waals surface area contributed by atoms with E-state index in [-0.39, 0.29) is 25.7 Å². The van der Waals surface area contributed by atoms with E-state index in [2.05, 4.69) is 4.98 Å². The summed E-state index contributed by atoms with van der Waals surface area (Å²) in [5, 5.41) is 24.1. The van der Waals surface area contributed by atoms with Crippen LogP contribution < -0.4 is 0 Å². The minimum absolute atomic E-state index is 0.161. The van der Waals surface area contributed by atoms with Crippen molar-refractivity contribution in [3.8, 4) is 0 Å². The molecule has 2 heterocycles. The van der Waals surface area contributed by atoms with E-state index < -0.39 is 65.5 Å². The van der Waals surface area contributed by atoms with Gasteiger partial charge in [0, 0.05) is 23.3 Å². The fourth-order valence-electron chi connectivity index (χ4n) is 4.51. The van der Waals surface area contributed by atoms with Gasteiger partial charge < -0.3 is 14.9 Å². The highest BCUT2D eigenvalue weighted by Crippen LogP contribution is 2.35. The molecule has 5 atom stereocenters. The molecule has 0 amide bonds. The summed E-state index contributed by atoms with van der Waals surface area (Å²) in [5.41, 5.74) is -0.966. The molecule has 6 nitrogen and oxygen atoms in total. The Balaban J connectivity index is 2.45. The Kier molecular flexibility index (Phi) is 10.7. The first-order chi connectivity index (χ1) is 17.0. The number of aliphatic hydroxyl groups is 2. The van der Waals surface area contributed by atoms with E-state index in [1.165, 1.54) is 32.1 Å². The average Bonchev–Trinajstić information content (AvgIpc) is 3.21. The minimum atomic E-state index is -4.56. The van der Waals surface area contributed by atoms with Crippen LogP contribution in [0.4, 0.5) is 13.2 Å². The highest BCUT2D eigenvalue weighted by Gasteiger charge is 2.42. The van der Waals surface area contributed by atoms with Gasteiger partial charge in [-0.25, -0.2) is 4.98 Å². The van der Waals surface area contributed by atoms with Gasteiger partial charge in [-0.15, -0.1) is 11.3 Å².